The predicted octanol–water partition coefficient (Wildman–Crippen LogP) is 4.00. The minimum Gasteiger partial charge on any atom is -0.396 e. The molecule has 2 heterocycles. The molecule has 0 bridgehead atoms. The van der Waals surface area contributed by atoms with E-state index in [1.807, 2.05) is 18.2 Å². The molecule has 0 spiro atoms. The number of anilines is 2. The molecule has 2 aromatic heterocycles. The maximum atomic E-state index is 8.32. The highest BCUT2D eigenvalue weighted by Crippen LogP contribution is 2.28. The van der Waals surface area contributed by atoms with Crippen molar-refractivity contribution < 1.29 is 5.11 Å². The molecule has 0 fully saturated rings. The number of thiazole rings is 1. The van der Waals surface area contributed by atoms with Crippen LogP contribution < -0.4 is 11.5 Å². The number of benzene rings is 1. The van der Waals surface area contributed by atoms with Gasteiger partial charge in [-0.1, -0.05) is 67.3 Å². The van der Waals surface area contributed by atoms with Gasteiger partial charge in [-0.05, 0) is 30.7 Å². The smallest absolute Gasteiger partial charge is 0.191 e. The average molecular weight is 406 g/mol. The first kappa shape index (κ1) is 21.4. The van der Waals surface area contributed by atoms with Crippen LogP contribution in [0.25, 0.3) is 10.3 Å². The number of rotatable bonds is 7. The SMILES string of the molecule is CC(C)CCCO.Nc1nc2nc(SCCc3ccccc3)nc(N)c2s1. The lowest BCUT2D eigenvalue weighted by atomic mass is 10.1. The molecular weight excluding hydrogens is 378 g/mol. The van der Waals surface area contributed by atoms with Crippen molar-refractivity contribution in [1.29, 1.82) is 0 Å². The second-order valence-electron chi connectivity index (χ2n) is 6.44. The monoisotopic (exact) mass is 405 g/mol. The summed E-state index contributed by atoms with van der Waals surface area (Å²) in [6.07, 6.45) is 3.07. The largest absolute Gasteiger partial charge is 0.396 e. The zero-order chi connectivity index (χ0) is 19.6. The summed E-state index contributed by atoms with van der Waals surface area (Å²) in [5.41, 5.74) is 13.5. The van der Waals surface area contributed by atoms with Gasteiger partial charge < -0.3 is 16.6 Å². The molecule has 0 saturated carbocycles. The highest BCUT2D eigenvalue weighted by molar-refractivity contribution is 7.99. The summed E-state index contributed by atoms with van der Waals surface area (Å²) in [5, 5.41) is 9.43. The first-order chi connectivity index (χ1) is 13.0. The quantitative estimate of drug-likeness (QED) is 0.402. The van der Waals surface area contributed by atoms with E-state index in [1.54, 1.807) is 11.8 Å². The van der Waals surface area contributed by atoms with E-state index in [0.29, 0.717) is 28.4 Å². The topological polar surface area (TPSA) is 111 Å². The van der Waals surface area contributed by atoms with Crippen LogP contribution in [0.5, 0.6) is 0 Å². The minimum absolute atomic E-state index is 0.345. The first-order valence-corrected chi connectivity index (χ1v) is 10.8. The Morgan fingerprint density at radius 2 is 1.85 bits per heavy atom. The highest BCUT2D eigenvalue weighted by atomic mass is 32.2. The van der Waals surface area contributed by atoms with E-state index in [0.717, 1.165) is 35.6 Å². The Bertz CT molecular complexity index is 824. The van der Waals surface area contributed by atoms with Gasteiger partial charge in [0.05, 0.1) is 0 Å². The van der Waals surface area contributed by atoms with Gasteiger partial charge in [-0.25, -0.2) is 15.0 Å². The van der Waals surface area contributed by atoms with E-state index in [4.69, 9.17) is 16.6 Å². The van der Waals surface area contributed by atoms with E-state index in [1.165, 1.54) is 16.9 Å². The van der Waals surface area contributed by atoms with Crippen LogP contribution in [0.1, 0.15) is 32.3 Å². The van der Waals surface area contributed by atoms with Crippen LogP contribution in [0.2, 0.25) is 0 Å². The van der Waals surface area contributed by atoms with Crippen molar-refractivity contribution in [2.75, 3.05) is 23.8 Å². The average Bonchev–Trinajstić information content (AvgIpc) is 3.02. The maximum Gasteiger partial charge on any atom is 0.191 e. The summed E-state index contributed by atoms with van der Waals surface area (Å²) in [6.45, 7) is 4.67. The molecule has 6 nitrogen and oxygen atoms in total. The normalized spacial score (nSPS) is 10.8. The Hall–Kier alpha value is -1.90. The van der Waals surface area contributed by atoms with Gasteiger partial charge in [-0.2, -0.15) is 0 Å². The van der Waals surface area contributed by atoms with Crippen molar-refractivity contribution in [3.63, 3.8) is 0 Å². The molecule has 8 heteroatoms. The highest BCUT2D eigenvalue weighted by Gasteiger charge is 2.10. The van der Waals surface area contributed by atoms with Crippen molar-refractivity contribution in [2.24, 2.45) is 5.92 Å². The molecule has 3 rings (SSSR count). The number of hydrogen-bond donors (Lipinski definition) is 3. The molecule has 0 radical (unpaired) electrons. The second kappa shape index (κ2) is 11.1. The lowest BCUT2D eigenvalue weighted by Crippen LogP contribution is -1.97. The van der Waals surface area contributed by atoms with Gasteiger partial charge in [-0.3, -0.25) is 0 Å². The third-order valence-corrected chi connectivity index (χ3v) is 5.43. The molecule has 27 heavy (non-hydrogen) atoms. The van der Waals surface area contributed by atoms with Crippen molar-refractivity contribution >= 4 is 44.4 Å². The van der Waals surface area contributed by atoms with Gasteiger partial charge in [0.15, 0.2) is 15.9 Å². The number of nitrogens with zero attached hydrogens (tertiary/aromatic N) is 3. The molecule has 146 valence electrons. The van der Waals surface area contributed by atoms with Gasteiger partial charge in [0, 0.05) is 12.4 Å². The van der Waals surface area contributed by atoms with Crippen LogP contribution in [0.4, 0.5) is 10.9 Å². The Balaban J connectivity index is 0.000000321. The summed E-state index contributed by atoms with van der Waals surface area (Å²) in [6, 6.07) is 10.3. The lowest BCUT2D eigenvalue weighted by molar-refractivity contribution is 0.276. The number of aliphatic hydroxyl groups is 1. The lowest BCUT2D eigenvalue weighted by Gasteiger charge is -2.02. The number of aliphatic hydroxyl groups excluding tert-OH is 1. The predicted molar refractivity (Wildman–Crippen MR) is 116 cm³/mol. The Kier molecular flexibility index (Phi) is 8.77. The molecule has 3 aromatic rings. The summed E-state index contributed by atoms with van der Waals surface area (Å²) in [7, 11) is 0. The Morgan fingerprint density at radius 3 is 2.48 bits per heavy atom. The molecular formula is C19H27N5OS2. The summed E-state index contributed by atoms with van der Waals surface area (Å²) < 4.78 is 0.759. The van der Waals surface area contributed by atoms with Crippen molar-refractivity contribution in [3.8, 4) is 0 Å². The molecule has 0 unspecified atom stereocenters. The minimum atomic E-state index is 0.345. The fourth-order valence-electron chi connectivity index (χ4n) is 2.31. The number of nitrogens with two attached hydrogens (primary N) is 2. The molecule has 0 aliphatic heterocycles. The van der Waals surface area contributed by atoms with E-state index in [-0.39, 0.29) is 0 Å². The maximum absolute atomic E-state index is 8.32. The third kappa shape index (κ3) is 7.32. The number of fused-ring (bicyclic) bond motifs is 1. The molecule has 5 N–H and O–H groups in total. The van der Waals surface area contributed by atoms with Crippen LogP contribution in [0, 0.1) is 5.92 Å². The second-order valence-corrected chi connectivity index (χ2v) is 8.53. The van der Waals surface area contributed by atoms with Gasteiger partial charge >= 0.3 is 0 Å². The van der Waals surface area contributed by atoms with Gasteiger partial charge in [-0.15, -0.1) is 0 Å². The molecule has 0 aliphatic rings. The van der Waals surface area contributed by atoms with E-state index in [9.17, 15) is 0 Å². The van der Waals surface area contributed by atoms with Crippen molar-refractivity contribution in [2.45, 2.75) is 38.3 Å². The number of hydrogen-bond acceptors (Lipinski definition) is 8. The number of thioether (sulfide) groups is 1. The summed E-state index contributed by atoms with van der Waals surface area (Å²) in [4.78, 5) is 12.8. The van der Waals surface area contributed by atoms with Gasteiger partial charge in [0.1, 0.15) is 10.5 Å². The summed E-state index contributed by atoms with van der Waals surface area (Å²) in [5.74, 6) is 2.09. The fourth-order valence-corrected chi connectivity index (χ4v) is 3.82. The Labute approximate surface area is 168 Å². The van der Waals surface area contributed by atoms with Crippen LogP contribution >= 0.6 is 23.1 Å². The van der Waals surface area contributed by atoms with E-state index >= 15 is 0 Å². The van der Waals surface area contributed by atoms with Gasteiger partial charge in [0.25, 0.3) is 0 Å². The van der Waals surface area contributed by atoms with Crippen LogP contribution in [0.3, 0.4) is 0 Å². The van der Waals surface area contributed by atoms with Crippen molar-refractivity contribution in [3.05, 3.63) is 35.9 Å². The number of nitrogen functional groups attached to an aromatic ring is 2. The third-order valence-electron chi connectivity index (χ3n) is 3.68. The standard InChI is InChI=1S/C13H13N5S2.C6H14O/c14-10-9-11(17-12(15)20-9)18-13(16-10)19-7-6-8-4-2-1-3-5-8;1-6(2)4-3-5-7/h1-5H,6-7H2,(H4,14,15,16,17,18);6-7H,3-5H2,1-2H3. The van der Waals surface area contributed by atoms with Gasteiger partial charge in [0.2, 0.25) is 0 Å². The fraction of sp³-hybridized carbons (Fsp3) is 0.421. The van der Waals surface area contributed by atoms with Crippen LogP contribution in [-0.2, 0) is 6.42 Å². The van der Waals surface area contributed by atoms with Crippen LogP contribution in [-0.4, -0.2) is 32.4 Å². The molecule has 0 saturated heterocycles. The van der Waals surface area contributed by atoms with Crippen LogP contribution in [0.15, 0.2) is 35.5 Å². The zero-order valence-electron chi connectivity index (χ0n) is 15.8. The Morgan fingerprint density at radius 1 is 1.11 bits per heavy atom. The molecule has 0 aliphatic carbocycles. The molecule has 1 aromatic carbocycles. The summed E-state index contributed by atoms with van der Waals surface area (Å²) >= 11 is 2.89. The van der Waals surface area contributed by atoms with E-state index < -0.39 is 0 Å². The zero-order valence-corrected chi connectivity index (χ0v) is 17.4. The van der Waals surface area contributed by atoms with Crippen molar-refractivity contribution in [1.82, 2.24) is 15.0 Å². The molecule has 0 amide bonds. The number of aryl methyl sites for hydroxylation is 1. The first-order valence-electron chi connectivity index (χ1n) is 8.96. The molecule has 0 atom stereocenters. The van der Waals surface area contributed by atoms with E-state index in [2.05, 4.69) is 40.9 Å². The number of aromatic nitrogens is 3.